The monoisotopic (exact) mass is 345 g/mol. The van der Waals surface area contributed by atoms with E-state index >= 15 is 0 Å². The van der Waals surface area contributed by atoms with E-state index in [0.717, 1.165) is 69.9 Å². The summed E-state index contributed by atoms with van der Waals surface area (Å²) in [6.45, 7) is 9.77. The van der Waals surface area contributed by atoms with Gasteiger partial charge in [-0.1, -0.05) is 12.1 Å². The van der Waals surface area contributed by atoms with Crippen LogP contribution in [0, 0.1) is 13.8 Å². The molecule has 1 aromatic rings. The Balaban J connectivity index is 1.59. The molecule has 1 unspecified atom stereocenters. The van der Waals surface area contributed by atoms with Gasteiger partial charge >= 0.3 is 6.03 Å². The minimum Gasteiger partial charge on any atom is -0.379 e. The summed E-state index contributed by atoms with van der Waals surface area (Å²) in [6, 6.07) is 6.48. The lowest BCUT2D eigenvalue weighted by Crippen LogP contribution is -2.48. The third-order valence-corrected chi connectivity index (χ3v) is 5.62. The largest absolute Gasteiger partial charge is 0.379 e. The number of piperidine rings is 1. The second-order valence-corrected chi connectivity index (χ2v) is 7.26. The maximum Gasteiger partial charge on any atom is 0.322 e. The molecule has 2 aliphatic rings. The predicted octanol–water partition coefficient (Wildman–Crippen LogP) is 3.41. The number of anilines is 1. The highest BCUT2D eigenvalue weighted by atomic mass is 16.5. The molecule has 3 rings (SSSR count). The van der Waals surface area contributed by atoms with Crippen LogP contribution < -0.4 is 5.32 Å². The highest BCUT2D eigenvalue weighted by Crippen LogP contribution is 2.23. The van der Waals surface area contributed by atoms with Gasteiger partial charge in [0, 0.05) is 37.9 Å². The van der Waals surface area contributed by atoms with Crippen LogP contribution in [-0.2, 0) is 4.74 Å². The van der Waals surface area contributed by atoms with Gasteiger partial charge in [-0.05, 0) is 56.7 Å². The van der Waals surface area contributed by atoms with Crippen molar-refractivity contribution in [2.24, 2.45) is 0 Å². The van der Waals surface area contributed by atoms with Crippen molar-refractivity contribution in [3.05, 3.63) is 29.3 Å². The molecule has 0 saturated carbocycles. The van der Waals surface area contributed by atoms with E-state index in [9.17, 15) is 4.79 Å². The van der Waals surface area contributed by atoms with Gasteiger partial charge in [-0.2, -0.15) is 0 Å². The number of amides is 2. The summed E-state index contributed by atoms with van der Waals surface area (Å²) in [5, 5.41) is 3.14. The second-order valence-electron chi connectivity index (χ2n) is 7.26. The molecule has 0 spiro atoms. The third kappa shape index (κ3) is 4.73. The minimum atomic E-state index is 0.0559. The molecule has 25 heavy (non-hydrogen) atoms. The topological polar surface area (TPSA) is 44.8 Å². The average Bonchev–Trinajstić information content (AvgIpc) is 2.65. The number of aryl methyl sites for hydroxylation is 1. The normalized spacial score (nSPS) is 22.0. The predicted molar refractivity (Wildman–Crippen MR) is 101 cm³/mol. The Labute approximate surface area is 151 Å². The summed E-state index contributed by atoms with van der Waals surface area (Å²) in [7, 11) is 0. The van der Waals surface area contributed by atoms with Crippen LogP contribution >= 0.6 is 0 Å². The van der Waals surface area contributed by atoms with E-state index in [2.05, 4.69) is 35.0 Å². The molecule has 138 valence electrons. The first kappa shape index (κ1) is 18.2. The van der Waals surface area contributed by atoms with Crippen molar-refractivity contribution in [1.82, 2.24) is 9.80 Å². The van der Waals surface area contributed by atoms with Crippen LogP contribution in [0.4, 0.5) is 10.5 Å². The molecule has 2 saturated heterocycles. The first-order chi connectivity index (χ1) is 12.1. The van der Waals surface area contributed by atoms with Crippen molar-refractivity contribution in [1.29, 1.82) is 0 Å². The van der Waals surface area contributed by atoms with Gasteiger partial charge in [-0.25, -0.2) is 4.79 Å². The maximum atomic E-state index is 12.9. The summed E-state index contributed by atoms with van der Waals surface area (Å²) < 4.78 is 5.42. The van der Waals surface area contributed by atoms with Crippen LogP contribution in [0.25, 0.3) is 0 Å². The molecule has 1 N–H and O–H groups in total. The molecule has 2 amide bonds. The standard InChI is InChI=1S/C20H31N3O2/c1-16-6-5-8-19(17(16)2)21-20(24)23-10-4-3-7-18(23)9-11-22-12-14-25-15-13-22/h5-6,8,18H,3-4,7,9-15H2,1-2H3,(H,21,24). The zero-order valence-electron chi connectivity index (χ0n) is 15.6. The number of nitrogens with one attached hydrogen (secondary N) is 1. The van der Waals surface area contributed by atoms with Crippen molar-refractivity contribution in [3.8, 4) is 0 Å². The first-order valence-electron chi connectivity index (χ1n) is 9.59. The summed E-state index contributed by atoms with van der Waals surface area (Å²) in [6.07, 6.45) is 4.50. The van der Waals surface area contributed by atoms with Gasteiger partial charge in [0.1, 0.15) is 0 Å². The summed E-state index contributed by atoms with van der Waals surface area (Å²) in [5.41, 5.74) is 3.29. The SMILES string of the molecule is Cc1cccc(NC(=O)N2CCCCC2CCN2CCOCC2)c1C. The van der Waals surface area contributed by atoms with Crippen LogP contribution in [0.15, 0.2) is 18.2 Å². The number of carbonyl (C=O) groups is 1. The Morgan fingerprint density at radius 3 is 2.80 bits per heavy atom. The van der Waals surface area contributed by atoms with Gasteiger partial charge in [0.15, 0.2) is 0 Å². The van der Waals surface area contributed by atoms with E-state index in [0.29, 0.717) is 6.04 Å². The molecule has 1 atom stereocenters. The van der Waals surface area contributed by atoms with Crippen molar-refractivity contribution in [2.45, 2.75) is 45.6 Å². The summed E-state index contributed by atoms with van der Waals surface area (Å²) in [5.74, 6) is 0. The van der Waals surface area contributed by atoms with Gasteiger partial charge in [-0.3, -0.25) is 4.90 Å². The molecule has 2 aliphatic heterocycles. The van der Waals surface area contributed by atoms with E-state index in [1.165, 1.54) is 12.0 Å². The van der Waals surface area contributed by atoms with Gasteiger partial charge in [0.05, 0.1) is 13.2 Å². The lowest BCUT2D eigenvalue weighted by Gasteiger charge is -2.37. The minimum absolute atomic E-state index is 0.0559. The zero-order valence-corrected chi connectivity index (χ0v) is 15.6. The van der Waals surface area contributed by atoms with E-state index in [1.54, 1.807) is 0 Å². The number of ether oxygens (including phenoxy) is 1. The molecule has 5 heteroatoms. The van der Waals surface area contributed by atoms with Crippen LogP contribution in [0.1, 0.15) is 36.8 Å². The van der Waals surface area contributed by atoms with Gasteiger partial charge in [-0.15, -0.1) is 0 Å². The zero-order chi connectivity index (χ0) is 17.6. The van der Waals surface area contributed by atoms with Crippen LogP contribution in [0.5, 0.6) is 0 Å². The number of benzene rings is 1. The quantitative estimate of drug-likeness (QED) is 0.909. The van der Waals surface area contributed by atoms with Crippen LogP contribution in [0.3, 0.4) is 0 Å². The van der Waals surface area contributed by atoms with Crippen molar-refractivity contribution in [2.75, 3.05) is 44.7 Å². The highest BCUT2D eigenvalue weighted by Gasteiger charge is 2.27. The molecular formula is C20H31N3O2. The Hall–Kier alpha value is -1.59. The fraction of sp³-hybridized carbons (Fsp3) is 0.650. The highest BCUT2D eigenvalue weighted by molar-refractivity contribution is 5.90. The molecule has 0 aliphatic carbocycles. The molecule has 0 aromatic heterocycles. The molecule has 5 nitrogen and oxygen atoms in total. The van der Waals surface area contributed by atoms with Gasteiger partial charge < -0.3 is 15.0 Å². The summed E-state index contributed by atoms with van der Waals surface area (Å²) in [4.78, 5) is 17.4. The van der Waals surface area contributed by atoms with Gasteiger partial charge in [0.2, 0.25) is 0 Å². The molecule has 2 heterocycles. The molecule has 2 fully saturated rings. The number of hydrogen-bond donors (Lipinski definition) is 1. The Bertz CT molecular complexity index is 584. The fourth-order valence-electron chi connectivity index (χ4n) is 3.80. The number of nitrogens with zero attached hydrogens (tertiary/aromatic N) is 2. The number of likely N-dealkylation sites (tertiary alicyclic amines) is 1. The maximum absolute atomic E-state index is 12.9. The number of urea groups is 1. The number of morpholine rings is 1. The van der Waals surface area contributed by atoms with Crippen molar-refractivity contribution >= 4 is 11.7 Å². The number of rotatable bonds is 4. The smallest absolute Gasteiger partial charge is 0.322 e. The van der Waals surface area contributed by atoms with E-state index in [-0.39, 0.29) is 6.03 Å². The Morgan fingerprint density at radius 2 is 2.00 bits per heavy atom. The number of hydrogen-bond acceptors (Lipinski definition) is 3. The first-order valence-corrected chi connectivity index (χ1v) is 9.59. The molecule has 0 radical (unpaired) electrons. The summed E-state index contributed by atoms with van der Waals surface area (Å²) >= 11 is 0. The molecular weight excluding hydrogens is 314 g/mol. The van der Waals surface area contributed by atoms with E-state index in [1.807, 2.05) is 12.1 Å². The average molecular weight is 345 g/mol. The van der Waals surface area contributed by atoms with E-state index in [4.69, 9.17) is 4.74 Å². The lowest BCUT2D eigenvalue weighted by atomic mass is 9.99. The van der Waals surface area contributed by atoms with Crippen molar-refractivity contribution in [3.63, 3.8) is 0 Å². The van der Waals surface area contributed by atoms with Crippen LogP contribution in [0.2, 0.25) is 0 Å². The fourth-order valence-corrected chi connectivity index (χ4v) is 3.80. The van der Waals surface area contributed by atoms with Crippen molar-refractivity contribution < 1.29 is 9.53 Å². The number of carbonyl (C=O) groups excluding carboxylic acids is 1. The molecule has 0 bridgehead atoms. The third-order valence-electron chi connectivity index (χ3n) is 5.62. The Morgan fingerprint density at radius 1 is 1.20 bits per heavy atom. The molecule has 1 aromatic carbocycles. The van der Waals surface area contributed by atoms with Gasteiger partial charge in [0.25, 0.3) is 0 Å². The second kappa shape index (κ2) is 8.68. The Kier molecular flexibility index (Phi) is 6.32. The van der Waals surface area contributed by atoms with Crippen LogP contribution in [-0.4, -0.2) is 61.3 Å². The van der Waals surface area contributed by atoms with E-state index < -0.39 is 0 Å². The lowest BCUT2D eigenvalue weighted by molar-refractivity contribution is 0.0329.